The van der Waals surface area contributed by atoms with Crippen molar-refractivity contribution >= 4 is 22.6 Å². The Morgan fingerprint density at radius 2 is 2.11 bits per heavy atom. The van der Waals surface area contributed by atoms with Crippen molar-refractivity contribution in [2.24, 2.45) is 0 Å². The Balaban J connectivity index is 2.58. The van der Waals surface area contributed by atoms with Crippen molar-refractivity contribution in [3.8, 4) is 0 Å². The lowest BCUT2D eigenvalue weighted by molar-refractivity contribution is 0.0690. The van der Waals surface area contributed by atoms with Gasteiger partial charge >= 0.3 is 5.97 Å². The van der Waals surface area contributed by atoms with Gasteiger partial charge in [0.1, 0.15) is 0 Å². The molecule has 6 heteroatoms. The van der Waals surface area contributed by atoms with E-state index in [9.17, 15) is 9.90 Å². The van der Waals surface area contributed by atoms with Crippen molar-refractivity contribution in [2.75, 3.05) is 32.1 Å². The smallest absolute Gasteiger partial charge is 0.358 e. The van der Waals surface area contributed by atoms with E-state index in [0.29, 0.717) is 17.7 Å². The van der Waals surface area contributed by atoms with E-state index in [2.05, 4.69) is 15.5 Å². The Morgan fingerprint density at radius 3 is 2.79 bits per heavy atom. The van der Waals surface area contributed by atoms with Crippen LogP contribution >= 0.6 is 0 Å². The molecule has 0 radical (unpaired) electrons. The van der Waals surface area contributed by atoms with Gasteiger partial charge in [-0.2, -0.15) is 0 Å². The zero-order valence-corrected chi connectivity index (χ0v) is 10.9. The Labute approximate surface area is 111 Å². The molecule has 0 unspecified atom stereocenters. The Kier molecular flexibility index (Phi) is 3.91. The van der Waals surface area contributed by atoms with Crippen molar-refractivity contribution < 1.29 is 9.90 Å². The van der Waals surface area contributed by atoms with Gasteiger partial charge in [0, 0.05) is 25.5 Å². The van der Waals surface area contributed by atoms with Crippen LogP contribution in [0.4, 0.5) is 5.69 Å². The van der Waals surface area contributed by atoms with E-state index in [1.54, 1.807) is 0 Å². The van der Waals surface area contributed by atoms with E-state index in [1.165, 1.54) is 0 Å². The molecule has 1 aromatic carbocycles. The van der Waals surface area contributed by atoms with Crippen LogP contribution in [0.15, 0.2) is 24.3 Å². The van der Waals surface area contributed by atoms with Crippen LogP contribution < -0.4 is 10.2 Å². The third-order valence-electron chi connectivity index (χ3n) is 2.92. The normalized spacial score (nSPS) is 10.6. The Bertz CT molecular complexity index is 600. The zero-order chi connectivity index (χ0) is 13.8. The minimum absolute atomic E-state index is 0.0164. The largest absolute Gasteiger partial charge is 0.476 e. The number of aromatic carboxylic acids is 1. The lowest BCUT2D eigenvalue weighted by Gasteiger charge is -2.21. The fraction of sp³-hybridized carbons (Fsp3) is 0.308. The zero-order valence-electron chi connectivity index (χ0n) is 10.9. The molecule has 0 saturated heterocycles. The highest BCUT2D eigenvalue weighted by molar-refractivity contribution is 6.02. The predicted octanol–water partition coefficient (Wildman–Crippen LogP) is 0.984. The molecule has 0 fully saturated rings. The van der Waals surface area contributed by atoms with Crippen LogP contribution in [-0.4, -0.2) is 48.5 Å². The van der Waals surface area contributed by atoms with Crippen molar-refractivity contribution in [1.82, 2.24) is 15.5 Å². The molecular weight excluding hydrogens is 244 g/mol. The van der Waals surface area contributed by atoms with Gasteiger partial charge in [0.2, 0.25) is 0 Å². The van der Waals surface area contributed by atoms with Gasteiger partial charge < -0.3 is 15.3 Å². The molecule has 19 heavy (non-hydrogen) atoms. The second-order valence-electron chi connectivity index (χ2n) is 4.24. The maximum atomic E-state index is 11.3. The predicted molar refractivity (Wildman–Crippen MR) is 73.7 cm³/mol. The van der Waals surface area contributed by atoms with Gasteiger partial charge in [0.25, 0.3) is 0 Å². The number of hydrogen-bond donors (Lipinski definition) is 2. The number of hydrogen-bond acceptors (Lipinski definition) is 5. The second kappa shape index (κ2) is 5.62. The first-order valence-corrected chi connectivity index (χ1v) is 5.99. The van der Waals surface area contributed by atoms with E-state index >= 15 is 0 Å². The number of nitrogens with zero attached hydrogens (tertiary/aromatic N) is 3. The molecule has 6 nitrogen and oxygen atoms in total. The number of aromatic nitrogens is 2. The molecule has 100 valence electrons. The number of carbonyl (C=O) groups is 1. The van der Waals surface area contributed by atoms with Gasteiger partial charge in [-0.25, -0.2) is 4.79 Å². The first-order valence-electron chi connectivity index (χ1n) is 5.99. The molecule has 0 aliphatic carbocycles. The molecule has 0 aliphatic rings. The first kappa shape index (κ1) is 13.2. The van der Waals surface area contributed by atoms with E-state index in [4.69, 9.17) is 0 Å². The van der Waals surface area contributed by atoms with Gasteiger partial charge in [-0.15, -0.1) is 10.2 Å². The van der Waals surface area contributed by atoms with Crippen LogP contribution in [0.25, 0.3) is 10.9 Å². The summed E-state index contributed by atoms with van der Waals surface area (Å²) >= 11 is 0. The van der Waals surface area contributed by atoms with Crippen LogP contribution in [0.1, 0.15) is 10.5 Å². The summed E-state index contributed by atoms with van der Waals surface area (Å²) < 4.78 is 0. The molecule has 2 N–H and O–H groups in total. The van der Waals surface area contributed by atoms with E-state index < -0.39 is 5.97 Å². The van der Waals surface area contributed by atoms with Crippen LogP contribution in [0.3, 0.4) is 0 Å². The molecule has 0 amide bonds. The average Bonchev–Trinajstić information content (AvgIpc) is 2.43. The highest BCUT2D eigenvalue weighted by Gasteiger charge is 2.19. The quantitative estimate of drug-likeness (QED) is 0.834. The number of likely N-dealkylation sites (N-methyl/N-ethyl adjacent to an activating group) is 2. The summed E-state index contributed by atoms with van der Waals surface area (Å²) in [6.07, 6.45) is 0. The van der Waals surface area contributed by atoms with E-state index in [1.807, 2.05) is 43.3 Å². The Hall–Kier alpha value is -2.21. The maximum Gasteiger partial charge on any atom is 0.358 e. The SMILES string of the molecule is CNCCN(C)c1c(C(=O)O)nnc2ccccc12. The standard InChI is InChI=1S/C13H16N4O2/c1-14-7-8-17(2)12-9-5-3-4-6-10(9)15-16-11(12)13(18)19/h3-6,14H,7-8H2,1-2H3,(H,18,19). The summed E-state index contributed by atoms with van der Waals surface area (Å²) in [5.74, 6) is -1.07. The van der Waals surface area contributed by atoms with E-state index in [0.717, 1.165) is 11.9 Å². The molecule has 0 spiro atoms. The van der Waals surface area contributed by atoms with E-state index in [-0.39, 0.29) is 5.69 Å². The lowest BCUT2D eigenvalue weighted by atomic mass is 10.1. The van der Waals surface area contributed by atoms with Gasteiger partial charge in [0.15, 0.2) is 5.69 Å². The third-order valence-corrected chi connectivity index (χ3v) is 2.92. The van der Waals surface area contributed by atoms with Crippen LogP contribution in [-0.2, 0) is 0 Å². The number of benzene rings is 1. The lowest BCUT2D eigenvalue weighted by Crippen LogP contribution is -2.29. The Morgan fingerprint density at radius 1 is 1.37 bits per heavy atom. The number of fused-ring (bicyclic) bond motifs is 1. The number of carboxylic acids is 1. The van der Waals surface area contributed by atoms with Gasteiger partial charge in [0.05, 0.1) is 11.2 Å². The number of anilines is 1. The molecule has 1 heterocycles. The summed E-state index contributed by atoms with van der Waals surface area (Å²) in [6, 6.07) is 7.41. The average molecular weight is 260 g/mol. The minimum atomic E-state index is -1.07. The highest BCUT2D eigenvalue weighted by Crippen LogP contribution is 2.27. The van der Waals surface area contributed by atoms with Crippen LogP contribution in [0.5, 0.6) is 0 Å². The monoisotopic (exact) mass is 260 g/mol. The number of nitrogens with one attached hydrogen (secondary N) is 1. The molecule has 1 aromatic heterocycles. The molecule has 2 aromatic rings. The number of carboxylic acid groups (broad SMARTS) is 1. The van der Waals surface area contributed by atoms with Crippen molar-refractivity contribution in [3.63, 3.8) is 0 Å². The molecule has 2 rings (SSSR count). The first-order chi connectivity index (χ1) is 9.15. The summed E-state index contributed by atoms with van der Waals surface area (Å²) in [5, 5.41) is 20.9. The molecule has 0 saturated carbocycles. The fourth-order valence-electron chi connectivity index (χ4n) is 1.96. The van der Waals surface area contributed by atoms with Gasteiger partial charge in [-0.3, -0.25) is 0 Å². The van der Waals surface area contributed by atoms with Crippen molar-refractivity contribution in [3.05, 3.63) is 30.0 Å². The second-order valence-corrected chi connectivity index (χ2v) is 4.24. The summed E-state index contributed by atoms with van der Waals surface area (Å²) in [6.45, 7) is 1.44. The topological polar surface area (TPSA) is 78.4 Å². The van der Waals surface area contributed by atoms with Gasteiger partial charge in [-0.05, 0) is 13.1 Å². The van der Waals surface area contributed by atoms with Crippen LogP contribution in [0.2, 0.25) is 0 Å². The van der Waals surface area contributed by atoms with Crippen LogP contribution in [0, 0.1) is 0 Å². The highest BCUT2D eigenvalue weighted by atomic mass is 16.4. The molecule has 0 aliphatic heterocycles. The summed E-state index contributed by atoms with van der Waals surface area (Å²) in [5.41, 5.74) is 1.28. The third kappa shape index (κ3) is 2.63. The number of rotatable bonds is 5. The molecular formula is C13H16N4O2. The molecule has 0 atom stereocenters. The van der Waals surface area contributed by atoms with Crippen molar-refractivity contribution in [1.29, 1.82) is 0 Å². The van der Waals surface area contributed by atoms with Gasteiger partial charge in [-0.1, -0.05) is 18.2 Å². The maximum absolute atomic E-state index is 11.3. The summed E-state index contributed by atoms with van der Waals surface area (Å²) in [4.78, 5) is 13.2. The fourth-order valence-corrected chi connectivity index (χ4v) is 1.96. The minimum Gasteiger partial charge on any atom is -0.476 e. The van der Waals surface area contributed by atoms with Crippen molar-refractivity contribution in [2.45, 2.75) is 0 Å². The summed E-state index contributed by atoms with van der Waals surface area (Å²) in [7, 11) is 3.71. The molecule has 0 bridgehead atoms.